The molecule has 124 valence electrons. The Bertz CT molecular complexity index is 699. The second-order valence-electron chi connectivity index (χ2n) is 5.03. The molecule has 2 rings (SSSR count). The first kappa shape index (κ1) is 16.8. The lowest BCUT2D eigenvalue weighted by Crippen LogP contribution is -2.25. The number of carbonyl (C=O) groups is 2. The Hall–Kier alpha value is -2.54. The van der Waals surface area contributed by atoms with Gasteiger partial charge in [0.15, 0.2) is 5.76 Å². The normalized spacial score (nSPS) is 10.6. The molecule has 0 aliphatic rings. The van der Waals surface area contributed by atoms with Gasteiger partial charge in [-0.05, 0) is 25.1 Å². The Morgan fingerprint density at radius 3 is 2.57 bits per heavy atom. The van der Waals surface area contributed by atoms with Crippen molar-refractivity contribution in [2.45, 2.75) is 20.1 Å². The van der Waals surface area contributed by atoms with Gasteiger partial charge >= 0.3 is 5.97 Å². The standard InChI is InChI=1S/C16H19NO6/c1-10-13(16(19)21-4)7-12(22-10)8-17(2)15(18)14-6-5-11(23-14)9-20-3/h5-7H,8-9H2,1-4H3. The average molecular weight is 321 g/mol. The highest BCUT2D eigenvalue weighted by molar-refractivity contribution is 5.92. The molecular formula is C16H19NO6. The molecule has 0 spiro atoms. The molecular weight excluding hydrogens is 302 g/mol. The third-order valence-corrected chi connectivity index (χ3v) is 3.27. The number of hydrogen-bond acceptors (Lipinski definition) is 6. The zero-order valence-corrected chi connectivity index (χ0v) is 13.5. The minimum absolute atomic E-state index is 0.205. The Kier molecular flexibility index (Phi) is 5.23. The SMILES string of the molecule is COCc1ccc(C(=O)N(C)Cc2cc(C(=O)OC)c(C)o2)o1. The van der Waals surface area contributed by atoms with Crippen molar-refractivity contribution in [3.63, 3.8) is 0 Å². The van der Waals surface area contributed by atoms with E-state index in [1.165, 1.54) is 12.0 Å². The number of furan rings is 2. The van der Waals surface area contributed by atoms with Crippen LogP contribution >= 0.6 is 0 Å². The first-order valence-electron chi connectivity index (χ1n) is 6.97. The molecule has 0 radical (unpaired) electrons. The van der Waals surface area contributed by atoms with Gasteiger partial charge in [-0.1, -0.05) is 0 Å². The predicted molar refractivity (Wildman–Crippen MR) is 80.0 cm³/mol. The van der Waals surface area contributed by atoms with E-state index in [9.17, 15) is 9.59 Å². The number of ether oxygens (including phenoxy) is 2. The molecule has 0 N–H and O–H groups in total. The van der Waals surface area contributed by atoms with Crippen LogP contribution in [0.15, 0.2) is 27.0 Å². The highest BCUT2D eigenvalue weighted by Gasteiger charge is 2.20. The van der Waals surface area contributed by atoms with Gasteiger partial charge in [-0.15, -0.1) is 0 Å². The van der Waals surface area contributed by atoms with Gasteiger partial charge in [0.2, 0.25) is 0 Å². The molecule has 1 amide bonds. The van der Waals surface area contributed by atoms with Crippen LogP contribution in [0.2, 0.25) is 0 Å². The van der Waals surface area contributed by atoms with E-state index in [-0.39, 0.29) is 18.2 Å². The van der Waals surface area contributed by atoms with Crippen LogP contribution < -0.4 is 0 Å². The first-order valence-corrected chi connectivity index (χ1v) is 6.97. The monoisotopic (exact) mass is 321 g/mol. The molecule has 7 nitrogen and oxygen atoms in total. The minimum Gasteiger partial charge on any atom is -0.465 e. The van der Waals surface area contributed by atoms with Crippen molar-refractivity contribution in [2.24, 2.45) is 0 Å². The summed E-state index contributed by atoms with van der Waals surface area (Å²) >= 11 is 0. The number of hydrogen-bond donors (Lipinski definition) is 0. The molecule has 0 bridgehead atoms. The van der Waals surface area contributed by atoms with Crippen LogP contribution in [0.25, 0.3) is 0 Å². The van der Waals surface area contributed by atoms with Crippen molar-refractivity contribution in [3.05, 3.63) is 46.8 Å². The van der Waals surface area contributed by atoms with Crippen LogP contribution in [-0.2, 0) is 22.6 Å². The lowest BCUT2D eigenvalue weighted by Gasteiger charge is -2.13. The van der Waals surface area contributed by atoms with E-state index < -0.39 is 5.97 Å². The molecule has 0 atom stereocenters. The maximum absolute atomic E-state index is 12.3. The molecule has 0 aliphatic heterocycles. The highest BCUT2D eigenvalue weighted by atomic mass is 16.5. The summed E-state index contributed by atoms with van der Waals surface area (Å²) in [5.74, 6) is 0.973. The molecule has 0 fully saturated rings. The fraction of sp³-hybridized carbons (Fsp3) is 0.375. The van der Waals surface area contributed by atoms with E-state index in [0.717, 1.165) is 0 Å². The maximum Gasteiger partial charge on any atom is 0.341 e. The fourth-order valence-electron chi connectivity index (χ4n) is 2.14. The molecule has 2 heterocycles. The van der Waals surface area contributed by atoms with Crippen molar-refractivity contribution >= 4 is 11.9 Å². The molecule has 0 aromatic carbocycles. The molecule has 2 aromatic rings. The summed E-state index contributed by atoms with van der Waals surface area (Å²) in [6.45, 7) is 2.18. The zero-order chi connectivity index (χ0) is 17.0. The molecule has 0 saturated carbocycles. The zero-order valence-electron chi connectivity index (χ0n) is 13.5. The van der Waals surface area contributed by atoms with Gasteiger partial charge < -0.3 is 23.2 Å². The number of amides is 1. The lowest BCUT2D eigenvalue weighted by molar-refractivity contribution is 0.0598. The topological polar surface area (TPSA) is 82.1 Å². The summed E-state index contributed by atoms with van der Waals surface area (Å²) < 4.78 is 20.5. The Labute approximate surface area is 133 Å². The first-order chi connectivity index (χ1) is 11.0. The van der Waals surface area contributed by atoms with Crippen molar-refractivity contribution in [1.29, 1.82) is 0 Å². The minimum atomic E-state index is -0.471. The quantitative estimate of drug-likeness (QED) is 0.760. The number of aryl methyl sites for hydroxylation is 1. The number of nitrogens with zero attached hydrogens (tertiary/aromatic N) is 1. The maximum atomic E-state index is 12.3. The summed E-state index contributed by atoms with van der Waals surface area (Å²) in [5, 5.41) is 0. The summed E-state index contributed by atoms with van der Waals surface area (Å²) in [6.07, 6.45) is 0. The summed E-state index contributed by atoms with van der Waals surface area (Å²) in [4.78, 5) is 25.3. The number of carbonyl (C=O) groups excluding carboxylic acids is 2. The predicted octanol–water partition coefficient (Wildman–Crippen LogP) is 2.39. The van der Waals surface area contributed by atoms with Crippen molar-refractivity contribution in [3.8, 4) is 0 Å². The number of methoxy groups -OCH3 is 2. The van der Waals surface area contributed by atoms with E-state index in [4.69, 9.17) is 13.6 Å². The van der Waals surface area contributed by atoms with Crippen LogP contribution in [0.3, 0.4) is 0 Å². The molecule has 0 saturated heterocycles. The van der Waals surface area contributed by atoms with E-state index in [2.05, 4.69) is 4.74 Å². The summed E-state index contributed by atoms with van der Waals surface area (Å²) in [5.41, 5.74) is 0.351. The molecule has 7 heteroatoms. The molecule has 0 aliphatic carbocycles. The second kappa shape index (κ2) is 7.15. The van der Waals surface area contributed by atoms with Gasteiger partial charge in [-0.2, -0.15) is 0 Å². The largest absolute Gasteiger partial charge is 0.465 e. The van der Waals surface area contributed by atoms with Crippen LogP contribution in [0.5, 0.6) is 0 Å². The highest BCUT2D eigenvalue weighted by Crippen LogP contribution is 2.18. The summed E-state index contributed by atoms with van der Waals surface area (Å²) in [7, 11) is 4.48. The Morgan fingerprint density at radius 1 is 1.17 bits per heavy atom. The third-order valence-electron chi connectivity index (χ3n) is 3.27. The summed E-state index contributed by atoms with van der Waals surface area (Å²) in [6, 6.07) is 4.86. The molecule has 2 aromatic heterocycles. The van der Waals surface area contributed by atoms with Crippen molar-refractivity contribution < 1.29 is 27.9 Å². The molecule has 0 unspecified atom stereocenters. The third kappa shape index (κ3) is 3.81. The van der Waals surface area contributed by atoms with Gasteiger partial charge in [0.1, 0.15) is 29.5 Å². The number of esters is 1. The Balaban J connectivity index is 2.07. The van der Waals surface area contributed by atoms with Crippen molar-refractivity contribution in [2.75, 3.05) is 21.3 Å². The van der Waals surface area contributed by atoms with Crippen LogP contribution in [0.4, 0.5) is 0 Å². The second-order valence-corrected chi connectivity index (χ2v) is 5.03. The van der Waals surface area contributed by atoms with Crippen LogP contribution in [0, 0.1) is 6.92 Å². The van der Waals surface area contributed by atoms with Gasteiger partial charge in [0.25, 0.3) is 5.91 Å². The van der Waals surface area contributed by atoms with E-state index >= 15 is 0 Å². The van der Waals surface area contributed by atoms with Gasteiger partial charge in [-0.25, -0.2) is 4.79 Å². The van der Waals surface area contributed by atoms with E-state index in [0.29, 0.717) is 29.5 Å². The Morgan fingerprint density at radius 2 is 1.91 bits per heavy atom. The lowest BCUT2D eigenvalue weighted by atomic mass is 10.2. The fourth-order valence-corrected chi connectivity index (χ4v) is 2.14. The molecule has 23 heavy (non-hydrogen) atoms. The van der Waals surface area contributed by atoms with Crippen LogP contribution in [-0.4, -0.2) is 38.0 Å². The van der Waals surface area contributed by atoms with Crippen molar-refractivity contribution in [1.82, 2.24) is 4.90 Å². The van der Waals surface area contributed by atoms with Gasteiger partial charge in [-0.3, -0.25) is 4.79 Å². The van der Waals surface area contributed by atoms with E-state index in [1.807, 2.05) is 0 Å². The number of rotatable bonds is 6. The van der Waals surface area contributed by atoms with Gasteiger partial charge in [0.05, 0.1) is 13.7 Å². The van der Waals surface area contributed by atoms with E-state index in [1.54, 1.807) is 39.3 Å². The average Bonchev–Trinajstić information content (AvgIpc) is 3.13. The smallest absolute Gasteiger partial charge is 0.341 e. The van der Waals surface area contributed by atoms with Gasteiger partial charge in [0, 0.05) is 14.2 Å². The van der Waals surface area contributed by atoms with Crippen LogP contribution in [0.1, 0.15) is 38.2 Å².